The Bertz CT molecular complexity index is 864. The lowest BCUT2D eigenvalue weighted by Gasteiger charge is -2.07. The quantitative estimate of drug-likeness (QED) is 0.611. The molecule has 134 valence electrons. The number of thiophene rings is 1. The van der Waals surface area contributed by atoms with Crippen molar-refractivity contribution in [3.05, 3.63) is 69.9 Å². The lowest BCUT2D eigenvalue weighted by Crippen LogP contribution is -2.11. The molecule has 0 aliphatic carbocycles. The Hall–Kier alpha value is -2.39. The highest BCUT2D eigenvalue weighted by Gasteiger charge is 2.29. The van der Waals surface area contributed by atoms with Gasteiger partial charge in [0.05, 0.1) is 10.4 Å². The van der Waals surface area contributed by atoms with Gasteiger partial charge in [-0.1, -0.05) is 30.0 Å². The maximum atomic E-state index is 12.5. The van der Waals surface area contributed by atoms with E-state index >= 15 is 0 Å². The smallest absolute Gasteiger partial charge is 0.304 e. The van der Waals surface area contributed by atoms with E-state index in [0.29, 0.717) is 21.5 Å². The number of halogens is 3. The topological polar surface area (TPSA) is 54.9 Å². The van der Waals surface area contributed by atoms with E-state index in [4.69, 9.17) is 0 Å². The summed E-state index contributed by atoms with van der Waals surface area (Å²) in [5.74, 6) is 0.551. The lowest BCUT2D eigenvalue weighted by molar-refractivity contribution is -0.137. The minimum atomic E-state index is -4.33. The molecular weight excluding hydrogens is 383 g/mol. The molecule has 0 aliphatic rings. The minimum absolute atomic E-state index is 0.251. The number of anilines is 1. The van der Waals surface area contributed by atoms with Crippen LogP contribution in [0.4, 0.5) is 19.0 Å². The molecule has 26 heavy (non-hydrogen) atoms. The van der Waals surface area contributed by atoms with Crippen molar-refractivity contribution in [2.24, 2.45) is 0 Å². The van der Waals surface area contributed by atoms with E-state index < -0.39 is 11.7 Å². The first-order chi connectivity index (χ1) is 12.4. The third-order valence-corrected chi connectivity index (χ3v) is 5.15. The number of carbonyl (C=O) groups is 1. The second-order valence-electron chi connectivity index (χ2n) is 5.17. The zero-order valence-electron chi connectivity index (χ0n) is 13.2. The Balaban J connectivity index is 1.55. The third kappa shape index (κ3) is 4.83. The molecule has 0 unspecified atom stereocenters. The van der Waals surface area contributed by atoms with Gasteiger partial charge in [-0.25, -0.2) is 0 Å². The fourth-order valence-corrected chi connectivity index (χ4v) is 3.39. The van der Waals surface area contributed by atoms with Crippen LogP contribution in [0.3, 0.4) is 0 Å². The Labute approximate surface area is 155 Å². The van der Waals surface area contributed by atoms with Gasteiger partial charge >= 0.3 is 6.18 Å². The zero-order chi connectivity index (χ0) is 18.6. The summed E-state index contributed by atoms with van der Waals surface area (Å²) in [5, 5.41) is 13.0. The molecule has 0 saturated heterocycles. The van der Waals surface area contributed by atoms with Gasteiger partial charge < -0.3 is 5.32 Å². The van der Waals surface area contributed by atoms with Crippen LogP contribution in [-0.2, 0) is 11.9 Å². The van der Waals surface area contributed by atoms with Crippen molar-refractivity contribution in [1.82, 2.24) is 10.2 Å². The second-order valence-corrected chi connectivity index (χ2v) is 7.11. The fraction of sp³-hybridized carbons (Fsp3) is 0.118. The molecule has 0 aliphatic heterocycles. The van der Waals surface area contributed by atoms with E-state index in [1.807, 2.05) is 5.38 Å². The summed E-state index contributed by atoms with van der Waals surface area (Å²) < 4.78 is 37.6. The number of carbonyl (C=O) groups excluding carboxylic acids is 1. The predicted octanol–water partition coefficient (Wildman–Crippen LogP) is 5.10. The average molecular weight is 395 g/mol. The maximum absolute atomic E-state index is 12.5. The first kappa shape index (κ1) is 18.4. The van der Waals surface area contributed by atoms with E-state index in [0.717, 1.165) is 17.7 Å². The summed E-state index contributed by atoms with van der Waals surface area (Å²) in [6, 6.07) is 11.8. The highest BCUT2D eigenvalue weighted by atomic mass is 32.2. The summed E-state index contributed by atoms with van der Waals surface area (Å²) in [6.45, 7) is 0. The molecule has 3 rings (SSSR count). The summed E-state index contributed by atoms with van der Waals surface area (Å²) in [4.78, 5) is 12.5. The van der Waals surface area contributed by atoms with E-state index in [2.05, 4.69) is 15.5 Å². The molecule has 1 N–H and O–H groups in total. The SMILES string of the molecule is O=C(Nc1ccc(SCc2ccc(C(F)(F)F)cc2)nn1)c1cccs1. The summed E-state index contributed by atoms with van der Waals surface area (Å²) in [6.07, 6.45) is -4.33. The molecule has 0 fully saturated rings. The maximum Gasteiger partial charge on any atom is 0.416 e. The Morgan fingerprint density at radius 1 is 1.08 bits per heavy atom. The number of rotatable bonds is 5. The van der Waals surface area contributed by atoms with Crippen molar-refractivity contribution < 1.29 is 18.0 Å². The molecule has 1 aromatic carbocycles. The number of thioether (sulfide) groups is 1. The zero-order valence-corrected chi connectivity index (χ0v) is 14.8. The number of hydrogen-bond donors (Lipinski definition) is 1. The standard InChI is InChI=1S/C17H12F3N3OS2/c18-17(19,20)12-5-3-11(4-6-12)10-26-15-8-7-14(22-23-15)21-16(24)13-2-1-9-25-13/h1-9H,10H2,(H,21,22,24). The van der Waals surface area contributed by atoms with Gasteiger partial charge in [0.15, 0.2) is 5.82 Å². The number of hydrogen-bond acceptors (Lipinski definition) is 5. The van der Waals surface area contributed by atoms with E-state index in [-0.39, 0.29) is 5.91 Å². The van der Waals surface area contributed by atoms with Gasteiger partial charge in [-0.05, 0) is 41.3 Å². The Kier molecular flexibility index (Phi) is 5.58. The molecule has 0 radical (unpaired) electrons. The molecule has 0 saturated carbocycles. The van der Waals surface area contributed by atoms with Crippen LogP contribution >= 0.6 is 23.1 Å². The third-order valence-electron chi connectivity index (χ3n) is 3.29. The first-order valence-electron chi connectivity index (χ1n) is 7.39. The van der Waals surface area contributed by atoms with Crippen LogP contribution < -0.4 is 5.32 Å². The molecule has 0 bridgehead atoms. The van der Waals surface area contributed by atoms with Crippen LogP contribution in [0.5, 0.6) is 0 Å². The molecule has 3 aromatic rings. The number of aromatic nitrogens is 2. The first-order valence-corrected chi connectivity index (χ1v) is 9.26. The molecule has 9 heteroatoms. The highest BCUT2D eigenvalue weighted by Crippen LogP contribution is 2.30. The van der Waals surface area contributed by atoms with Crippen LogP contribution in [0.2, 0.25) is 0 Å². The number of nitrogens with one attached hydrogen (secondary N) is 1. The molecule has 1 amide bonds. The Morgan fingerprint density at radius 3 is 2.42 bits per heavy atom. The van der Waals surface area contributed by atoms with Crippen molar-refractivity contribution in [2.75, 3.05) is 5.32 Å². The minimum Gasteiger partial charge on any atom is -0.304 e. The second kappa shape index (κ2) is 7.88. The average Bonchev–Trinajstić information content (AvgIpc) is 3.15. The number of alkyl halides is 3. The lowest BCUT2D eigenvalue weighted by atomic mass is 10.1. The molecular formula is C17H12F3N3OS2. The van der Waals surface area contributed by atoms with E-state index in [1.54, 1.807) is 24.3 Å². The highest BCUT2D eigenvalue weighted by molar-refractivity contribution is 7.98. The number of amides is 1. The number of nitrogens with zero attached hydrogens (tertiary/aromatic N) is 2. The normalized spacial score (nSPS) is 11.3. The molecule has 2 aromatic heterocycles. The van der Waals surface area contributed by atoms with Crippen LogP contribution in [-0.4, -0.2) is 16.1 Å². The fourth-order valence-electron chi connectivity index (χ4n) is 2.00. The van der Waals surface area contributed by atoms with Crippen molar-refractivity contribution in [3.8, 4) is 0 Å². The van der Waals surface area contributed by atoms with Crippen molar-refractivity contribution in [2.45, 2.75) is 17.0 Å². The Morgan fingerprint density at radius 2 is 1.85 bits per heavy atom. The monoisotopic (exact) mass is 395 g/mol. The van der Waals surface area contributed by atoms with Crippen LogP contribution in [0.1, 0.15) is 20.8 Å². The van der Waals surface area contributed by atoms with Gasteiger partial charge in [-0.15, -0.1) is 21.5 Å². The molecule has 4 nitrogen and oxygen atoms in total. The van der Waals surface area contributed by atoms with Gasteiger partial charge in [0.25, 0.3) is 5.91 Å². The molecule has 2 heterocycles. The van der Waals surface area contributed by atoms with Gasteiger partial charge in [-0.2, -0.15) is 13.2 Å². The molecule has 0 atom stereocenters. The van der Waals surface area contributed by atoms with E-state index in [1.165, 1.54) is 35.2 Å². The largest absolute Gasteiger partial charge is 0.416 e. The van der Waals surface area contributed by atoms with Gasteiger partial charge in [0, 0.05) is 5.75 Å². The predicted molar refractivity (Wildman–Crippen MR) is 95.3 cm³/mol. The van der Waals surface area contributed by atoms with Crippen molar-refractivity contribution in [3.63, 3.8) is 0 Å². The van der Waals surface area contributed by atoms with Crippen LogP contribution in [0, 0.1) is 0 Å². The van der Waals surface area contributed by atoms with Gasteiger partial charge in [0.2, 0.25) is 0 Å². The van der Waals surface area contributed by atoms with Crippen LogP contribution in [0.25, 0.3) is 0 Å². The van der Waals surface area contributed by atoms with Crippen molar-refractivity contribution >= 4 is 34.8 Å². The summed E-state index contributed by atoms with van der Waals surface area (Å²) in [7, 11) is 0. The summed E-state index contributed by atoms with van der Waals surface area (Å²) in [5.41, 5.74) is 0.0803. The van der Waals surface area contributed by atoms with Gasteiger partial charge in [-0.3, -0.25) is 4.79 Å². The van der Waals surface area contributed by atoms with Crippen LogP contribution in [0.15, 0.2) is 58.9 Å². The van der Waals surface area contributed by atoms with Crippen molar-refractivity contribution in [1.29, 1.82) is 0 Å². The molecule has 0 spiro atoms. The van der Waals surface area contributed by atoms with Gasteiger partial charge in [0.1, 0.15) is 5.03 Å². The van der Waals surface area contributed by atoms with E-state index in [9.17, 15) is 18.0 Å². The summed E-state index contributed by atoms with van der Waals surface area (Å²) >= 11 is 2.67. The number of benzene rings is 1.